The van der Waals surface area contributed by atoms with Crippen molar-refractivity contribution < 1.29 is 23.1 Å². The number of alkyl halides is 3. The Balaban J connectivity index is 1.84. The molecule has 0 atom stereocenters. The van der Waals surface area contributed by atoms with Crippen molar-refractivity contribution in [2.75, 3.05) is 13.1 Å². The van der Waals surface area contributed by atoms with Crippen LogP contribution in [0.1, 0.15) is 27.9 Å². The SMILES string of the molecule is O=C(c1cc(O)ccc1C(F)(F)F)N1CC=C(c2ccccc2)CC1. The highest BCUT2D eigenvalue weighted by atomic mass is 19.4. The van der Waals surface area contributed by atoms with Gasteiger partial charge in [-0.15, -0.1) is 0 Å². The maximum atomic E-state index is 13.1. The molecule has 2 aromatic carbocycles. The molecule has 6 heteroatoms. The second-order valence-electron chi connectivity index (χ2n) is 5.82. The molecule has 0 spiro atoms. The zero-order chi connectivity index (χ0) is 18.0. The van der Waals surface area contributed by atoms with Crippen LogP contribution in [0.25, 0.3) is 5.57 Å². The average molecular weight is 347 g/mol. The summed E-state index contributed by atoms with van der Waals surface area (Å²) in [6.07, 6.45) is -2.23. The van der Waals surface area contributed by atoms with Gasteiger partial charge < -0.3 is 10.0 Å². The van der Waals surface area contributed by atoms with E-state index < -0.39 is 23.2 Å². The number of aromatic hydroxyl groups is 1. The van der Waals surface area contributed by atoms with Crippen LogP contribution in [0.2, 0.25) is 0 Å². The van der Waals surface area contributed by atoms with Crippen molar-refractivity contribution in [3.05, 3.63) is 71.3 Å². The molecule has 0 bridgehead atoms. The molecule has 0 saturated carbocycles. The Labute approximate surface area is 143 Å². The van der Waals surface area contributed by atoms with Crippen molar-refractivity contribution in [3.63, 3.8) is 0 Å². The lowest BCUT2D eigenvalue weighted by Gasteiger charge is -2.27. The average Bonchev–Trinajstić information content (AvgIpc) is 2.61. The number of hydrogen-bond donors (Lipinski definition) is 1. The van der Waals surface area contributed by atoms with Crippen molar-refractivity contribution in [2.24, 2.45) is 0 Å². The molecular weight excluding hydrogens is 331 g/mol. The van der Waals surface area contributed by atoms with E-state index in [0.29, 0.717) is 13.0 Å². The maximum Gasteiger partial charge on any atom is 0.417 e. The van der Waals surface area contributed by atoms with Crippen LogP contribution < -0.4 is 0 Å². The highest BCUT2D eigenvalue weighted by molar-refractivity contribution is 5.97. The Hall–Kier alpha value is -2.76. The Morgan fingerprint density at radius 2 is 1.80 bits per heavy atom. The quantitative estimate of drug-likeness (QED) is 0.878. The zero-order valence-corrected chi connectivity index (χ0v) is 13.3. The van der Waals surface area contributed by atoms with Gasteiger partial charge in [-0.3, -0.25) is 4.79 Å². The molecule has 0 aliphatic carbocycles. The van der Waals surface area contributed by atoms with Crippen LogP contribution in [0.5, 0.6) is 5.75 Å². The molecular formula is C19H16F3NO2. The van der Waals surface area contributed by atoms with Crippen LogP contribution in [0.15, 0.2) is 54.6 Å². The highest BCUT2D eigenvalue weighted by Gasteiger charge is 2.36. The summed E-state index contributed by atoms with van der Waals surface area (Å²) in [5.41, 5.74) is 0.553. The van der Waals surface area contributed by atoms with Gasteiger partial charge >= 0.3 is 6.18 Å². The highest BCUT2D eigenvalue weighted by Crippen LogP contribution is 2.34. The molecule has 130 valence electrons. The number of halogens is 3. The topological polar surface area (TPSA) is 40.5 Å². The number of nitrogens with zero attached hydrogens (tertiary/aromatic N) is 1. The summed E-state index contributed by atoms with van der Waals surface area (Å²) < 4.78 is 39.4. The molecule has 2 aromatic rings. The van der Waals surface area contributed by atoms with Crippen LogP contribution in [-0.2, 0) is 6.18 Å². The third-order valence-electron chi connectivity index (χ3n) is 4.18. The molecule has 0 saturated heterocycles. The minimum atomic E-state index is -4.65. The maximum absolute atomic E-state index is 13.1. The van der Waals surface area contributed by atoms with Gasteiger partial charge in [0.05, 0.1) is 11.1 Å². The fourth-order valence-electron chi connectivity index (χ4n) is 2.89. The standard InChI is InChI=1S/C19H16F3NO2/c20-19(21,22)17-7-6-15(24)12-16(17)18(25)23-10-8-14(9-11-23)13-4-2-1-3-5-13/h1-8,12,24H,9-11H2. The summed E-state index contributed by atoms with van der Waals surface area (Å²) in [6.45, 7) is 0.558. The first kappa shape index (κ1) is 17.1. The van der Waals surface area contributed by atoms with Crippen LogP contribution in [0, 0.1) is 0 Å². The van der Waals surface area contributed by atoms with Crippen molar-refractivity contribution in [1.82, 2.24) is 4.90 Å². The van der Waals surface area contributed by atoms with Crippen molar-refractivity contribution in [2.45, 2.75) is 12.6 Å². The van der Waals surface area contributed by atoms with Crippen molar-refractivity contribution in [3.8, 4) is 5.75 Å². The van der Waals surface area contributed by atoms with Gasteiger partial charge in [-0.2, -0.15) is 13.2 Å². The van der Waals surface area contributed by atoms with Gasteiger partial charge in [0.25, 0.3) is 5.91 Å². The summed E-state index contributed by atoms with van der Waals surface area (Å²) in [5, 5.41) is 9.49. The zero-order valence-electron chi connectivity index (χ0n) is 13.3. The summed E-state index contributed by atoms with van der Waals surface area (Å²) in [5.74, 6) is -1.10. The number of amides is 1. The van der Waals surface area contributed by atoms with E-state index >= 15 is 0 Å². The fraction of sp³-hybridized carbons (Fsp3) is 0.211. The van der Waals surface area contributed by atoms with Crippen molar-refractivity contribution >= 4 is 11.5 Å². The van der Waals surface area contributed by atoms with Gasteiger partial charge in [0, 0.05) is 13.1 Å². The lowest BCUT2D eigenvalue weighted by atomic mass is 9.98. The third kappa shape index (κ3) is 3.68. The number of phenols is 1. The van der Waals surface area contributed by atoms with E-state index in [0.717, 1.165) is 29.3 Å². The summed E-state index contributed by atoms with van der Waals surface area (Å²) >= 11 is 0. The largest absolute Gasteiger partial charge is 0.508 e. The van der Waals surface area contributed by atoms with E-state index in [1.807, 2.05) is 36.4 Å². The molecule has 3 nitrogen and oxygen atoms in total. The predicted octanol–water partition coefficient (Wildman–Crippen LogP) is 4.34. The van der Waals surface area contributed by atoms with Crippen LogP contribution in [0.3, 0.4) is 0 Å². The second kappa shape index (κ2) is 6.63. The molecule has 1 heterocycles. The predicted molar refractivity (Wildman–Crippen MR) is 88.0 cm³/mol. The van der Waals surface area contributed by atoms with Crippen molar-refractivity contribution in [1.29, 1.82) is 0 Å². The molecule has 0 radical (unpaired) electrons. The lowest BCUT2D eigenvalue weighted by molar-refractivity contribution is -0.138. The van der Waals surface area contributed by atoms with Gasteiger partial charge in [0.2, 0.25) is 0 Å². The van der Waals surface area contributed by atoms with Gasteiger partial charge in [-0.25, -0.2) is 0 Å². The van der Waals surface area contributed by atoms with Gasteiger partial charge in [0.15, 0.2) is 0 Å². The van der Waals surface area contributed by atoms with Gasteiger partial charge in [-0.1, -0.05) is 36.4 Å². The first-order valence-electron chi connectivity index (χ1n) is 7.80. The minimum absolute atomic E-state index is 0.232. The minimum Gasteiger partial charge on any atom is -0.508 e. The number of rotatable bonds is 2. The Morgan fingerprint density at radius 1 is 1.08 bits per heavy atom. The van der Waals surface area contributed by atoms with Crippen LogP contribution in [-0.4, -0.2) is 29.0 Å². The van der Waals surface area contributed by atoms with E-state index in [2.05, 4.69) is 0 Å². The Bertz CT molecular complexity index is 813. The lowest BCUT2D eigenvalue weighted by Crippen LogP contribution is -2.35. The molecule has 3 rings (SSSR count). The summed E-state index contributed by atoms with van der Waals surface area (Å²) in [7, 11) is 0. The van der Waals surface area contributed by atoms with E-state index in [4.69, 9.17) is 0 Å². The summed E-state index contributed by atoms with van der Waals surface area (Å²) in [6, 6.07) is 12.2. The molecule has 0 fully saturated rings. The number of carbonyl (C=O) groups is 1. The smallest absolute Gasteiger partial charge is 0.417 e. The third-order valence-corrected chi connectivity index (χ3v) is 4.18. The van der Waals surface area contributed by atoms with Crippen LogP contribution in [0.4, 0.5) is 13.2 Å². The van der Waals surface area contributed by atoms with Gasteiger partial charge in [0.1, 0.15) is 5.75 Å². The molecule has 1 N–H and O–H groups in total. The first-order chi connectivity index (χ1) is 11.9. The first-order valence-corrected chi connectivity index (χ1v) is 7.80. The molecule has 1 amide bonds. The van der Waals surface area contributed by atoms with Gasteiger partial charge in [-0.05, 0) is 35.8 Å². The normalized spacial score (nSPS) is 15.0. The van der Waals surface area contributed by atoms with E-state index in [1.165, 1.54) is 4.90 Å². The van der Waals surface area contributed by atoms with E-state index in [-0.39, 0.29) is 12.3 Å². The molecule has 1 aliphatic rings. The second-order valence-corrected chi connectivity index (χ2v) is 5.82. The molecule has 0 unspecified atom stereocenters. The Morgan fingerprint density at radius 3 is 2.40 bits per heavy atom. The van der Waals surface area contributed by atoms with E-state index in [1.54, 1.807) is 0 Å². The van der Waals surface area contributed by atoms with Crippen LogP contribution >= 0.6 is 0 Å². The number of benzene rings is 2. The fourth-order valence-corrected chi connectivity index (χ4v) is 2.89. The molecule has 1 aliphatic heterocycles. The Kier molecular flexibility index (Phi) is 4.53. The number of phenolic OH excluding ortho intramolecular Hbond substituents is 1. The number of carbonyl (C=O) groups excluding carboxylic acids is 1. The van der Waals surface area contributed by atoms with E-state index in [9.17, 15) is 23.1 Å². The monoisotopic (exact) mass is 347 g/mol. The summed E-state index contributed by atoms with van der Waals surface area (Å²) in [4.78, 5) is 13.9. The number of hydrogen-bond acceptors (Lipinski definition) is 2. The molecule has 25 heavy (non-hydrogen) atoms. The molecule has 0 aromatic heterocycles.